The summed E-state index contributed by atoms with van der Waals surface area (Å²) in [5, 5.41) is 14.5. The first kappa shape index (κ1) is 37.9. The minimum absolute atomic E-state index is 0.0244. The van der Waals surface area contributed by atoms with Crippen LogP contribution in [0.25, 0.3) is 0 Å². The molecule has 0 saturated heterocycles. The lowest BCUT2D eigenvalue weighted by molar-refractivity contribution is -0.142. The maximum absolute atomic E-state index is 12.4. The van der Waals surface area contributed by atoms with Gasteiger partial charge in [0, 0.05) is 24.7 Å². The van der Waals surface area contributed by atoms with Crippen LogP contribution in [-0.4, -0.2) is 52.6 Å². The molecule has 0 aromatic heterocycles. The van der Waals surface area contributed by atoms with Gasteiger partial charge in [0.05, 0.1) is 6.04 Å². The van der Waals surface area contributed by atoms with Crippen LogP contribution in [0.3, 0.4) is 0 Å². The molecule has 0 aliphatic heterocycles. The molecule has 2 aliphatic carbocycles. The molecule has 0 heterocycles. The number of hydrogen-bond acceptors (Lipinski definition) is 6. The van der Waals surface area contributed by atoms with Crippen molar-refractivity contribution in [3.63, 3.8) is 0 Å². The number of carbonyl (C=O) groups excluding carboxylic acids is 5. The molecule has 0 unspecified atom stereocenters. The van der Waals surface area contributed by atoms with Crippen molar-refractivity contribution in [3.05, 3.63) is 71.8 Å². The number of carboxylic acids is 1. The van der Waals surface area contributed by atoms with E-state index in [1.807, 2.05) is 36.4 Å². The Morgan fingerprint density at radius 3 is 1.44 bits per heavy atom. The Bertz CT molecular complexity index is 1280. The number of carboxylic acid groups (broad SMARTS) is 1. The monoisotopic (exact) mass is 662 g/mol. The van der Waals surface area contributed by atoms with Gasteiger partial charge in [0.1, 0.15) is 6.04 Å². The van der Waals surface area contributed by atoms with E-state index in [1.165, 1.54) is 18.1 Å². The van der Waals surface area contributed by atoms with E-state index in [2.05, 4.69) is 34.9 Å². The van der Waals surface area contributed by atoms with E-state index in [9.17, 15) is 28.8 Å². The summed E-state index contributed by atoms with van der Waals surface area (Å²) in [6, 6.07) is 18.8. The standard InChI is InChI=1S/C19H26N2O3.C18H24N2O4/c1-13(22)17(9-10-18(20)23)21-19(24)16-8-7-15(12-16)11-14-5-3-2-4-6-14;19-16(21)9-8-15(18(23)24)20-17(22)14-7-6-13(11-14)10-12-4-2-1-3-5-12/h2-6,15-17H,7-12H2,1H3,(H2,20,23)(H,21,24);1-5,13-15H,6-11H2,(H2,19,21)(H,20,22)(H,23,24)/t15-,16+,17-;13-,14+,15-/m00/s1. The highest BCUT2D eigenvalue weighted by Crippen LogP contribution is 2.34. The van der Waals surface area contributed by atoms with Crippen LogP contribution in [0.5, 0.6) is 0 Å². The Morgan fingerprint density at radius 2 is 1.06 bits per heavy atom. The average Bonchev–Trinajstić information content (AvgIpc) is 3.72. The van der Waals surface area contributed by atoms with Crippen molar-refractivity contribution in [1.29, 1.82) is 0 Å². The van der Waals surface area contributed by atoms with Crippen molar-refractivity contribution in [2.24, 2.45) is 35.1 Å². The largest absolute Gasteiger partial charge is 0.480 e. The first-order chi connectivity index (χ1) is 22.9. The van der Waals surface area contributed by atoms with Crippen LogP contribution in [-0.2, 0) is 41.6 Å². The molecular weight excluding hydrogens is 612 g/mol. The highest BCUT2D eigenvalue weighted by Gasteiger charge is 2.33. The van der Waals surface area contributed by atoms with Crippen molar-refractivity contribution >= 4 is 35.4 Å². The minimum atomic E-state index is -1.14. The molecule has 0 spiro atoms. The normalized spacial score (nSPS) is 21.2. The maximum atomic E-state index is 12.4. The summed E-state index contributed by atoms with van der Waals surface area (Å²) in [6.07, 6.45) is 7.50. The molecule has 0 radical (unpaired) electrons. The number of nitrogens with one attached hydrogen (secondary N) is 2. The number of rotatable bonds is 16. The summed E-state index contributed by atoms with van der Waals surface area (Å²) in [5.41, 5.74) is 12.7. The van der Waals surface area contributed by atoms with Gasteiger partial charge in [-0.3, -0.25) is 24.0 Å². The third kappa shape index (κ3) is 13.3. The fraction of sp³-hybridized carbons (Fsp3) is 0.514. The van der Waals surface area contributed by atoms with Crippen LogP contribution in [0.15, 0.2) is 60.7 Å². The molecule has 0 bridgehead atoms. The molecule has 11 nitrogen and oxygen atoms in total. The molecule has 2 saturated carbocycles. The van der Waals surface area contributed by atoms with Crippen LogP contribution in [0.1, 0.15) is 82.3 Å². The van der Waals surface area contributed by atoms with E-state index in [1.54, 1.807) is 0 Å². The average molecular weight is 663 g/mol. The summed E-state index contributed by atoms with van der Waals surface area (Å²) in [4.78, 5) is 69.3. The van der Waals surface area contributed by atoms with Crippen LogP contribution >= 0.6 is 0 Å². The number of amides is 4. The maximum Gasteiger partial charge on any atom is 0.326 e. The van der Waals surface area contributed by atoms with Gasteiger partial charge in [-0.25, -0.2) is 4.79 Å². The zero-order valence-corrected chi connectivity index (χ0v) is 27.8. The van der Waals surface area contributed by atoms with E-state index < -0.39 is 29.9 Å². The smallest absolute Gasteiger partial charge is 0.326 e. The molecule has 4 amide bonds. The first-order valence-corrected chi connectivity index (χ1v) is 16.9. The number of ketones is 1. The second kappa shape index (κ2) is 19.3. The van der Waals surface area contributed by atoms with E-state index in [4.69, 9.17) is 16.6 Å². The summed E-state index contributed by atoms with van der Waals surface area (Å²) in [7, 11) is 0. The van der Waals surface area contributed by atoms with Gasteiger partial charge in [0.2, 0.25) is 23.6 Å². The Morgan fingerprint density at radius 1 is 0.667 bits per heavy atom. The quantitative estimate of drug-likeness (QED) is 0.181. The molecule has 48 heavy (non-hydrogen) atoms. The van der Waals surface area contributed by atoms with Gasteiger partial charge in [-0.15, -0.1) is 0 Å². The lowest BCUT2D eigenvalue weighted by Gasteiger charge is -2.18. The molecular formula is C37H50N4O7. The van der Waals surface area contributed by atoms with Gasteiger partial charge in [-0.05, 0) is 94.1 Å². The van der Waals surface area contributed by atoms with Crippen LogP contribution in [0, 0.1) is 23.7 Å². The Kier molecular flexibility index (Phi) is 15.3. The van der Waals surface area contributed by atoms with Crippen molar-refractivity contribution < 1.29 is 33.9 Å². The summed E-state index contributed by atoms with van der Waals surface area (Å²) >= 11 is 0. The number of nitrogens with two attached hydrogens (primary N) is 2. The van der Waals surface area contributed by atoms with Crippen LogP contribution < -0.4 is 22.1 Å². The number of aliphatic carboxylic acids is 1. The lowest BCUT2D eigenvalue weighted by atomic mass is 9.96. The lowest BCUT2D eigenvalue weighted by Crippen LogP contribution is -2.43. The Hall–Kier alpha value is -4.54. The number of primary amides is 2. The zero-order valence-electron chi connectivity index (χ0n) is 27.8. The fourth-order valence-corrected chi connectivity index (χ4v) is 6.68. The first-order valence-electron chi connectivity index (χ1n) is 16.9. The predicted molar refractivity (Wildman–Crippen MR) is 181 cm³/mol. The van der Waals surface area contributed by atoms with Gasteiger partial charge >= 0.3 is 5.97 Å². The molecule has 6 atom stereocenters. The summed E-state index contributed by atoms with van der Waals surface area (Å²) in [5.74, 6) is -1.87. The fourth-order valence-electron chi connectivity index (χ4n) is 6.68. The Balaban J connectivity index is 0.000000260. The molecule has 2 fully saturated rings. The number of hydrogen-bond donors (Lipinski definition) is 5. The number of benzene rings is 2. The molecule has 11 heteroatoms. The van der Waals surface area contributed by atoms with Crippen molar-refractivity contribution in [1.82, 2.24) is 10.6 Å². The second-order valence-electron chi connectivity index (χ2n) is 13.2. The summed E-state index contributed by atoms with van der Waals surface area (Å²) < 4.78 is 0. The minimum Gasteiger partial charge on any atom is -0.480 e. The third-order valence-electron chi connectivity index (χ3n) is 9.34. The van der Waals surface area contributed by atoms with E-state index in [-0.39, 0.29) is 55.1 Å². The van der Waals surface area contributed by atoms with Crippen LogP contribution in [0.2, 0.25) is 0 Å². The Labute approximate surface area is 282 Å². The van der Waals surface area contributed by atoms with E-state index >= 15 is 0 Å². The predicted octanol–water partition coefficient (Wildman–Crippen LogP) is 3.47. The van der Waals surface area contributed by atoms with E-state index in [0.29, 0.717) is 11.8 Å². The second-order valence-corrected chi connectivity index (χ2v) is 13.2. The molecule has 7 N–H and O–H groups in total. The molecule has 2 aliphatic rings. The van der Waals surface area contributed by atoms with E-state index in [0.717, 1.165) is 51.4 Å². The van der Waals surface area contributed by atoms with Gasteiger partial charge in [0.15, 0.2) is 5.78 Å². The van der Waals surface area contributed by atoms with Gasteiger partial charge in [-0.1, -0.05) is 60.7 Å². The zero-order chi connectivity index (χ0) is 35.1. The number of carbonyl (C=O) groups is 6. The van der Waals surface area contributed by atoms with Crippen molar-refractivity contribution in [3.8, 4) is 0 Å². The highest BCUT2D eigenvalue weighted by atomic mass is 16.4. The van der Waals surface area contributed by atoms with Gasteiger partial charge < -0.3 is 27.2 Å². The highest BCUT2D eigenvalue weighted by molar-refractivity contribution is 5.89. The topological polar surface area (TPSA) is 199 Å². The molecule has 2 aromatic carbocycles. The third-order valence-corrected chi connectivity index (χ3v) is 9.34. The molecule has 2 aromatic rings. The van der Waals surface area contributed by atoms with Gasteiger partial charge in [0.25, 0.3) is 0 Å². The summed E-state index contributed by atoms with van der Waals surface area (Å²) in [6.45, 7) is 1.43. The van der Waals surface area contributed by atoms with Crippen LogP contribution in [0.4, 0.5) is 0 Å². The van der Waals surface area contributed by atoms with Crippen molar-refractivity contribution in [2.45, 2.75) is 96.1 Å². The SMILES string of the molecule is CC(=O)[C@H](CCC(N)=O)NC(=O)[C@@H]1CC[C@@H](Cc2ccccc2)C1.NC(=O)CC[C@H](NC(=O)[C@@H]1CC[C@@H](Cc2ccccc2)C1)C(=O)O. The molecule has 260 valence electrons. The molecule has 4 rings (SSSR count). The van der Waals surface area contributed by atoms with Crippen molar-refractivity contribution in [2.75, 3.05) is 0 Å². The van der Waals surface area contributed by atoms with Gasteiger partial charge in [-0.2, -0.15) is 0 Å². The number of Topliss-reactive ketones (excluding diaryl/α,β-unsaturated/α-hetero) is 1.